The molecule has 0 fully saturated rings. The minimum atomic E-state index is -0.741. The van der Waals surface area contributed by atoms with E-state index in [1.807, 2.05) is 29.9 Å². The van der Waals surface area contributed by atoms with Gasteiger partial charge in [0.15, 0.2) is 5.58 Å². The Kier molecular flexibility index (Phi) is 2.68. The van der Waals surface area contributed by atoms with Gasteiger partial charge in [-0.2, -0.15) is 0 Å². The van der Waals surface area contributed by atoms with Crippen molar-refractivity contribution in [3.8, 4) is 0 Å². The van der Waals surface area contributed by atoms with Crippen molar-refractivity contribution in [2.45, 2.75) is 0 Å². The number of aryl methyl sites for hydroxylation is 1. The molecule has 2 aromatic heterocycles. The lowest BCUT2D eigenvalue weighted by Gasteiger charge is -2.03. The highest BCUT2D eigenvalue weighted by atomic mass is 16.4. The molecule has 0 amide bonds. The molecule has 0 unspecified atom stereocenters. The van der Waals surface area contributed by atoms with Crippen LogP contribution < -0.4 is 11.5 Å². The second-order valence-corrected chi connectivity index (χ2v) is 5.40. The zero-order valence-electron chi connectivity index (χ0n) is 12.3. The molecule has 0 atom stereocenters. The summed E-state index contributed by atoms with van der Waals surface area (Å²) in [6.07, 6.45) is 1.92. The van der Waals surface area contributed by atoms with E-state index < -0.39 is 11.7 Å². The molecule has 6 heteroatoms. The summed E-state index contributed by atoms with van der Waals surface area (Å²) in [6.45, 7) is 0. The maximum absolute atomic E-state index is 12.8. The highest BCUT2D eigenvalue weighted by Gasteiger charge is 2.19. The number of fused-ring (bicyclic) bond motifs is 2. The SMILES string of the molecule is Cn1ccc2ccc(C(=O)n3c(=O)oc4c(N)cccc43)cc21. The van der Waals surface area contributed by atoms with Crippen LogP contribution in [0.15, 0.2) is 57.9 Å². The zero-order valence-corrected chi connectivity index (χ0v) is 12.3. The molecule has 0 saturated heterocycles. The Labute approximate surface area is 130 Å². The molecule has 2 heterocycles. The zero-order chi connectivity index (χ0) is 16.1. The standard InChI is InChI=1S/C17H13N3O3/c1-19-8-7-10-5-6-11(9-14(10)19)16(21)20-13-4-2-3-12(18)15(13)23-17(20)22/h2-9H,18H2,1H3. The van der Waals surface area contributed by atoms with Crippen LogP contribution in [0.3, 0.4) is 0 Å². The highest BCUT2D eigenvalue weighted by Crippen LogP contribution is 2.22. The fraction of sp³-hybridized carbons (Fsp3) is 0.0588. The van der Waals surface area contributed by atoms with Gasteiger partial charge in [-0.1, -0.05) is 12.1 Å². The first-order valence-electron chi connectivity index (χ1n) is 7.06. The van der Waals surface area contributed by atoms with Gasteiger partial charge in [-0.3, -0.25) is 4.79 Å². The normalized spacial score (nSPS) is 11.3. The molecule has 0 aliphatic heterocycles. The Morgan fingerprint density at radius 3 is 2.78 bits per heavy atom. The molecular weight excluding hydrogens is 294 g/mol. The number of carbonyl (C=O) groups excluding carboxylic acids is 1. The molecular formula is C17H13N3O3. The average Bonchev–Trinajstić information content (AvgIpc) is 3.08. The van der Waals surface area contributed by atoms with Crippen molar-refractivity contribution < 1.29 is 9.21 Å². The van der Waals surface area contributed by atoms with Crippen LogP contribution in [0.2, 0.25) is 0 Å². The van der Waals surface area contributed by atoms with E-state index in [1.165, 1.54) is 0 Å². The van der Waals surface area contributed by atoms with Crippen molar-refractivity contribution in [2.24, 2.45) is 7.05 Å². The van der Waals surface area contributed by atoms with E-state index in [2.05, 4.69) is 0 Å². The van der Waals surface area contributed by atoms with Crippen LogP contribution in [-0.4, -0.2) is 15.0 Å². The molecule has 114 valence electrons. The van der Waals surface area contributed by atoms with E-state index >= 15 is 0 Å². The average molecular weight is 307 g/mol. The monoisotopic (exact) mass is 307 g/mol. The lowest BCUT2D eigenvalue weighted by atomic mass is 10.1. The largest absolute Gasteiger partial charge is 0.427 e. The number of anilines is 1. The Morgan fingerprint density at radius 1 is 1.13 bits per heavy atom. The van der Waals surface area contributed by atoms with Gasteiger partial charge >= 0.3 is 5.76 Å². The summed E-state index contributed by atoms with van der Waals surface area (Å²) in [7, 11) is 1.90. The van der Waals surface area contributed by atoms with Crippen molar-refractivity contribution in [1.29, 1.82) is 0 Å². The quantitative estimate of drug-likeness (QED) is 0.547. The van der Waals surface area contributed by atoms with E-state index in [0.717, 1.165) is 15.5 Å². The number of hydrogen-bond donors (Lipinski definition) is 1. The molecule has 6 nitrogen and oxygen atoms in total. The Balaban J connectivity index is 1.94. The number of aromatic nitrogens is 2. The molecule has 0 bridgehead atoms. The van der Waals surface area contributed by atoms with Gasteiger partial charge in [0.1, 0.15) is 5.52 Å². The number of para-hydroxylation sites is 1. The molecule has 2 aromatic carbocycles. The molecule has 0 saturated carbocycles. The van der Waals surface area contributed by atoms with Gasteiger partial charge in [0.05, 0.1) is 5.69 Å². The lowest BCUT2D eigenvalue weighted by Crippen LogP contribution is -2.23. The number of oxazole rings is 1. The van der Waals surface area contributed by atoms with Crippen LogP contribution in [0, 0.1) is 0 Å². The Bertz CT molecular complexity index is 1130. The van der Waals surface area contributed by atoms with Crippen LogP contribution in [-0.2, 0) is 7.05 Å². The second-order valence-electron chi connectivity index (χ2n) is 5.40. The summed E-state index contributed by atoms with van der Waals surface area (Å²) in [4.78, 5) is 24.9. The molecule has 4 rings (SSSR count). The fourth-order valence-corrected chi connectivity index (χ4v) is 2.78. The summed E-state index contributed by atoms with van der Waals surface area (Å²) >= 11 is 0. The third-order valence-electron chi connectivity index (χ3n) is 3.98. The first kappa shape index (κ1) is 13.4. The number of carbonyl (C=O) groups is 1. The molecule has 0 aliphatic carbocycles. The number of nitrogen functional groups attached to an aromatic ring is 1. The molecule has 0 spiro atoms. The van der Waals surface area contributed by atoms with E-state index in [-0.39, 0.29) is 5.58 Å². The van der Waals surface area contributed by atoms with Gasteiger partial charge in [0, 0.05) is 24.3 Å². The molecule has 2 N–H and O–H groups in total. The van der Waals surface area contributed by atoms with Crippen molar-refractivity contribution in [1.82, 2.24) is 9.13 Å². The summed E-state index contributed by atoms with van der Waals surface area (Å²) in [5, 5.41) is 1.03. The summed E-state index contributed by atoms with van der Waals surface area (Å²) < 4.78 is 8.05. The van der Waals surface area contributed by atoms with E-state index in [9.17, 15) is 9.59 Å². The van der Waals surface area contributed by atoms with Crippen molar-refractivity contribution >= 4 is 33.6 Å². The summed E-state index contributed by atoms with van der Waals surface area (Å²) in [5.41, 5.74) is 8.04. The van der Waals surface area contributed by atoms with Crippen molar-refractivity contribution in [3.63, 3.8) is 0 Å². The number of rotatable bonds is 1. The molecule has 0 aliphatic rings. The van der Waals surface area contributed by atoms with Crippen molar-refractivity contribution in [2.75, 3.05) is 5.73 Å². The van der Waals surface area contributed by atoms with Gasteiger partial charge in [0.2, 0.25) is 0 Å². The van der Waals surface area contributed by atoms with Crippen LogP contribution >= 0.6 is 0 Å². The van der Waals surface area contributed by atoms with Gasteiger partial charge in [-0.05, 0) is 35.7 Å². The van der Waals surface area contributed by atoms with Crippen LogP contribution in [0.4, 0.5) is 5.69 Å². The third-order valence-corrected chi connectivity index (χ3v) is 3.98. The minimum Gasteiger partial charge on any atom is -0.405 e. The van der Waals surface area contributed by atoms with Gasteiger partial charge in [0.25, 0.3) is 5.91 Å². The highest BCUT2D eigenvalue weighted by molar-refractivity contribution is 6.04. The topological polar surface area (TPSA) is 83.2 Å². The smallest absolute Gasteiger partial charge is 0.405 e. The van der Waals surface area contributed by atoms with Gasteiger partial charge < -0.3 is 14.7 Å². The first-order valence-corrected chi connectivity index (χ1v) is 7.06. The Hall–Kier alpha value is -3.28. The van der Waals surface area contributed by atoms with Crippen LogP contribution in [0.25, 0.3) is 22.0 Å². The maximum Gasteiger partial charge on any atom is 0.427 e. The van der Waals surface area contributed by atoms with Crippen molar-refractivity contribution in [3.05, 3.63) is 64.8 Å². The summed E-state index contributed by atoms with van der Waals surface area (Å²) in [6, 6.07) is 12.2. The number of nitrogens with two attached hydrogens (primary N) is 1. The van der Waals surface area contributed by atoms with E-state index in [4.69, 9.17) is 10.2 Å². The maximum atomic E-state index is 12.8. The Morgan fingerprint density at radius 2 is 1.96 bits per heavy atom. The third kappa shape index (κ3) is 1.88. The lowest BCUT2D eigenvalue weighted by molar-refractivity contribution is 0.0956. The molecule has 4 aromatic rings. The second kappa shape index (κ2) is 4.61. The van der Waals surface area contributed by atoms with E-state index in [1.54, 1.807) is 30.3 Å². The molecule has 0 radical (unpaired) electrons. The van der Waals surface area contributed by atoms with Gasteiger partial charge in [-0.25, -0.2) is 9.36 Å². The predicted octanol–water partition coefficient (Wildman–Crippen LogP) is 2.36. The predicted molar refractivity (Wildman–Crippen MR) is 87.5 cm³/mol. The van der Waals surface area contributed by atoms with E-state index in [0.29, 0.717) is 16.8 Å². The first-order chi connectivity index (χ1) is 11.1. The number of benzene rings is 2. The van der Waals surface area contributed by atoms with Gasteiger partial charge in [-0.15, -0.1) is 0 Å². The van der Waals surface area contributed by atoms with Crippen LogP contribution in [0.1, 0.15) is 10.4 Å². The van der Waals surface area contributed by atoms with Crippen LogP contribution in [0.5, 0.6) is 0 Å². The fourth-order valence-electron chi connectivity index (χ4n) is 2.78. The number of hydrogen-bond acceptors (Lipinski definition) is 4. The molecule has 23 heavy (non-hydrogen) atoms. The number of nitrogens with zero attached hydrogens (tertiary/aromatic N) is 2. The minimum absolute atomic E-state index is 0.228. The summed E-state index contributed by atoms with van der Waals surface area (Å²) in [5.74, 6) is -1.18.